The number of fused-ring (bicyclic) bond motifs is 4. The van der Waals surface area contributed by atoms with E-state index in [2.05, 4.69) is 44.3 Å². The van der Waals surface area contributed by atoms with Crippen LogP contribution in [0.5, 0.6) is 0 Å². The first-order valence-corrected chi connectivity index (χ1v) is 5.45. The molecular weight excluding hydrogens is 182 g/mol. The smallest absolute Gasteiger partial charge is 0.0514 e. The largest absolute Gasteiger partial charge is 0.260 e. The molecule has 1 nitrogen and oxygen atoms in total. The van der Waals surface area contributed by atoms with Crippen molar-refractivity contribution in [2.24, 2.45) is 5.92 Å². The Morgan fingerprint density at radius 1 is 1.13 bits per heavy atom. The van der Waals surface area contributed by atoms with Crippen molar-refractivity contribution in [1.29, 1.82) is 0 Å². The van der Waals surface area contributed by atoms with E-state index in [1.807, 2.05) is 6.20 Å². The van der Waals surface area contributed by atoms with Crippen molar-refractivity contribution in [3.63, 3.8) is 0 Å². The van der Waals surface area contributed by atoms with Crippen LogP contribution in [0, 0.1) is 12.8 Å². The summed E-state index contributed by atoms with van der Waals surface area (Å²) in [5, 5.41) is 4.52. The first-order chi connectivity index (χ1) is 7.18. The van der Waals surface area contributed by atoms with Crippen LogP contribution in [0.25, 0.3) is 11.1 Å². The Balaban J connectivity index is 2.20. The summed E-state index contributed by atoms with van der Waals surface area (Å²) in [6, 6.07) is 6.65. The minimum absolute atomic E-state index is 0.516. The monoisotopic (exact) mass is 196 g/mol. The van der Waals surface area contributed by atoms with Crippen molar-refractivity contribution >= 4 is 11.1 Å². The van der Waals surface area contributed by atoms with Crippen molar-refractivity contribution < 1.29 is 0 Å². The second kappa shape index (κ2) is 2.75. The lowest BCUT2D eigenvalue weighted by molar-refractivity contribution is 0.720. The van der Waals surface area contributed by atoms with Gasteiger partial charge in [-0.2, -0.15) is 0 Å². The van der Waals surface area contributed by atoms with Gasteiger partial charge in [0, 0.05) is 17.3 Å². The van der Waals surface area contributed by atoms with Crippen LogP contribution in [-0.2, 0) is 0 Å². The van der Waals surface area contributed by atoms with Gasteiger partial charge in [0.05, 0.1) is 5.70 Å². The number of aryl methyl sites for hydroxylation is 1. The number of allylic oxidation sites excluding steroid dienone is 3. The van der Waals surface area contributed by atoms with E-state index in [0.717, 1.165) is 0 Å². The average Bonchev–Trinajstić information content (AvgIpc) is 2.55. The van der Waals surface area contributed by atoms with Crippen LogP contribution in [0.3, 0.4) is 0 Å². The molecule has 1 aromatic rings. The topological polar surface area (TPSA) is 14.1 Å². The van der Waals surface area contributed by atoms with Gasteiger partial charge in [-0.3, -0.25) is 5.32 Å². The van der Waals surface area contributed by atoms with Gasteiger partial charge in [-0.05, 0) is 24.0 Å². The van der Waals surface area contributed by atoms with Crippen LogP contribution in [-0.4, -0.2) is 0 Å². The first kappa shape index (κ1) is 8.78. The normalized spacial score (nSPS) is 16.9. The molecule has 75 valence electrons. The summed E-state index contributed by atoms with van der Waals surface area (Å²) in [6.45, 7) is 6.55. The number of hydrogen-bond donors (Lipinski definition) is 0. The Kier molecular flexibility index (Phi) is 1.61. The maximum atomic E-state index is 4.52. The van der Waals surface area contributed by atoms with E-state index in [0.29, 0.717) is 5.92 Å². The highest BCUT2D eigenvalue weighted by atomic mass is 14.9. The van der Waals surface area contributed by atoms with Crippen LogP contribution in [0.15, 0.2) is 30.1 Å². The predicted octanol–water partition coefficient (Wildman–Crippen LogP) is 3.33. The maximum Gasteiger partial charge on any atom is 0.0514 e. The zero-order valence-electron chi connectivity index (χ0n) is 9.33. The van der Waals surface area contributed by atoms with Gasteiger partial charge in [-0.1, -0.05) is 37.6 Å². The van der Waals surface area contributed by atoms with E-state index >= 15 is 0 Å². The minimum Gasteiger partial charge on any atom is -0.260 e. The standard InChI is InChI=1S/C14H14N/c1-8(2)14-13-11-6-9(3)4-5-10(11)12(13)7-15-14/h4-8H,1-3H3. The van der Waals surface area contributed by atoms with E-state index < -0.39 is 0 Å². The minimum atomic E-state index is 0.516. The highest BCUT2D eigenvalue weighted by Crippen LogP contribution is 2.50. The van der Waals surface area contributed by atoms with Crippen LogP contribution in [0.4, 0.5) is 0 Å². The second-order valence-electron chi connectivity index (χ2n) is 4.64. The van der Waals surface area contributed by atoms with E-state index in [9.17, 15) is 0 Å². The fourth-order valence-electron chi connectivity index (χ4n) is 2.36. The Bertz CT molecular complexity index is 504. The maximum absolute atomic E-state index is 4.52. The van der Waals surface area contributed by atoms with Gasteiger partial charge in [0.15, 0.2) is 0 Å². The third kappa shape index (κ3) is 1.03. The molecule has 0 spiro atoms. The van der Waals surface area contributed by atoms with Gasteiger partial charge in [-0.15, -0.1) is 0 Å². The summed E-state index contributed by atoms with van der Waals surface area (Å²) in [7, 11) is 0. The Morgan fingerprint density at radius 2 is 1.93 bits per heavy atom. The van der Waals surface area contributed by atoms with Crippen molar-refractivity contribution in [2.75, 3.05) is 0 Å². The Labute approximate surface area is 90.5 Å². The summed E-state index contributed by atoms with van der Waals surface area (Å²) < 4.78 is 0. The fourth-order valence-corrected chi connectivity index (χ4v) is 2.36. The molecule has 0 aromatic heterocycles. The van der Waals surface area contributed by atoms with Gasteiger partial charge in [0.25, 0.3) is 0 Å². The van der Waals surface area contributed by atoms with Crippen molar-refractivity contribution in [2.45, 2.75) is 20.8 Å². The molecule has 0 N–H and O–H groups in total. The molecule has 0 amide bonds. The fraction of sp³-hybridized carbons (Fsp3) is 0.286. The van der Waals surface area contributed by atoms with Gasteiger partial charge in [-0.25, -0.2) is 0 Å². The van der Waals surface area contributed by atoms with Crippen LogP contribution in [0.2, 0.25) is 0 Å². The van der Waals surface area contributed by atoms with E-state index in [4.69, 9.17) is 0 Å². The Hall–Kier alpha value is -1.50. The van der Waals surface area contributed by atoms with Gasteiger partial charge < -0.3 is 0 Å². The van der Waals surface area contributed by atoms with Crippen molar-refractivity contribution in [3.05, 3.63) is 46.8 Å². The molecule has 1 heterocycles. The molecule has 0 atom stereocenters. The lowest BCUT2D eigenvalue weighted by Crippen LogP contribution is -2.09. The summed E-state index contributed by atoms with van der Waals surface area (Å²) in [6.07, 6.45) is 2.02. The van der Waals surface area contributed by atoms with E-state index in [-0.39, 0.29) is 0 Å². The van der Waals surface area contributed by atoms with E-state index in [1.54, 1.807) is 0 Å². The number of rotatable bonds is 1. The van der Waals surface area contributed by atoms with Crippen molar-refractivity contribution in [1.82, 2.24) is 5.32 Å². The first-order valence-electron chi connectivity index (χ1n) is 5.45. The Morgan fingerprint density at radius 3 is 2.67 bits per heavy atom. The molecule has 0 unspecified atom stereocenters. The highest BCUT2D eigenvalue weighted by Gasteiger charge is 2.33. The van der Waals surface area contributed by atoms with Crippen LogP contribution in [0.1, 0.15) is 30.5 Å². The summed E-state index contributed by atoms with van der Waals surface area (Å²) in [5.74, 6) is 0.516. The molecule has 2 aliphatic rings. The van der Waals surface area contributed by atoms with Crippen molar-refractivity contribution in [3.8, 4) is 0 Å². The quantitative estimate of drug-likeness (QED) is 0.654. The summed E-state index contributed by atoms with van der Waals surface area (Å²) >= 11 is 0. The van der Waals surface area contributed by atoms with Gasteiger partial charge in [0.2, 0.25) is 0 Å². The second-order valence-corrected chi connectivity index (χ2v) is 4.64. The summed E-state index contributed by atoms with van der Waals surface area (Å²) in [5.41, 5.74) is 8.08. The molecule has 1 aliphatic heterocycles. The zero-order valence-corrected chi connectivity index (χ0v) is 9.33. The molecular formula is C14H14N. The third-order valence-corrected chi connectivity index (χ3v) is 3.14. The third-order valence-electron chi connectivity index (χ3n) is 3.14. The lowest BCUT2D eigenvalue weighted by atomic mass is 9.76. The number of benzene rings is 1. The van der Waals surface area contributed by atoms with Gasteiger partial charge >= 0.3 is 0 Å². The molecule has 1 aromatic carbocycles. The van der Waals surface area contributed by atoms with Gasteiger partial charge in [0.1, 0.15) is 0 Å². The lowest BCUT2D eigenvalue weighted by Gasteiger charge is -2.25. The summed E-state index contributed by atoms with van der Waals surface area (Å²) in [4.78, 5) is 0. The molecule has 0 bridgehead atoms. The van der Waals surface area contributed by atoms with E-state index in [1.165, 1.54) is 33.5 Å². The molecule has 15 heavy (non-hydrogen) atoms. The predicted molar refractivity (Wildman–Crippen MR) is 63.0 cm³/mol. The highest BCUT2D eigenvalue weighted by molar-refractivity contribution is 6.19. The average molecular weight is 196 g/mol. The number of nitrogens with zero attached hydrogens (tertiary/aromatic N) is 1. The van der Waals surface area contributed by atoms with Crippen LogP contribution < -0.4 is 5.32 Å². The SMILES string of the molecule is Cc1ccc2c(c1)C1=C(C(C)C)[N]C=C12. The zero-order chi connectivity index (χ0) is 10.6. The molecule has 1 radical (unpaired) electrons. The molecule has 0 fully saturated rings. The molecule has 1 heteroatoms. The molecule has 3 rings (SSSR count). The van der Waals surface area contributed by atoms with Crippen LogP contribution >= 0.6 is 0 Å². The molecule has 1 aliphatic carbocycles. The molecule has 0 saturated carbocycles. The molecule has 0 saturated heterocycles. The number of hydrogen-bond acceptors (Lipinski definition) is 0.